The molecule has 1 aromatic rings. The van der Waals surface area contributed by atoms with Crippen LogP contribution in [0.15, 0.2) is 29.2 Å². The Bertz CT molecular complexity index is 274. The first kappa shape index (κ1) is 9.49. The molecular weight excluding hydrogens is 166 g/mol. The molecular formula is C10H15NS. The van der Waals surface area contributed by atoms with Crippen molar-refractivity contribution in [2.75, 3.05) is 5.88 Å². The summed E-state index contributed by atoms with van der Waals surface area (Å²) in [7, 11) is 0.143. The van der Waals surface area contributed by atoms with E-state index in [1.807, 2.05) is 0 Å². The zero-order valence-corrected chi connectivity index (χ0v) is 8.40. The standard InChI is InChI=1S/C10H15NS/c1-3-12(8-11)10-6-4-9(2)5-7-10/h3-7H,8,11H2,1-2H3. The molecule has 0 aliphatic carbocycles. The fourth-order valence-electron chi connectivity index (χ4n) is 1.04. The van der Waals surface area contributed by atoms with Crippen LogP contribution in [-0.2, 0) is 0 Å². The molecule has 1 aromatic carbocycles. The molecule has 0 aliphatic rings. The molecule has 66 valence electrons. The topological polar surface area (TPSA) is 26.0 Å². The van der Waals surface area contributed by atoms with E-state index in [9.17, 15) is 0 Å². The van der Waals surface area contributed by atoms with Gasteiger partial charge in [0.15, 0.2) is 0 Å². The lowest BCUT2D eigenvalue weighted by Crippen LogP contribution is -1.96. The van der Waals surface area contributed by atoms with Gasteiger partial charge in [0.25, 0.3) is 0 Å². The van der Waals surface area contributed by atoms with Crippen LogP contribution >= 0.6 is 10.5 Å². The second-order valence-electron chi connectivity index (χ2n) is 2.64. The maximum atomic E-state index is 5.63. The van der Waals surface area contributed by atoms with Crippen molar-refractivity contribution in [1.29, 1.82) is 0 Å². The van der Waals surface area contributed by atoms with Crippen molar-refractivity contribution in [3.05, 3.63) is 29.8 Å². The van der Waals surface area contributed by atoms with Crippen molar-refractivity contribution in [2.24, 2.45) is 5.73 Å². The molecule has 0 spiro atoms. The average Bonchev–Trinajstić information content (AvgIpc) is 2.10. The molecule has 0 radical (unpaired) electrons. The van der Waals surface area contributed by atoms with Gasteiger partial charge in [-0.3, -0.25) is 0 Å². The van der Waals surface area contributed by atoms with Crippen molar-refractivity contribution < 1.29 is 0 Å². The second kappa shape index (κ2) is 4.43. The average molecular weight is 181 g/mol. The number of hydrogen-bond acceptors (Lipinski definition) is 1. The molecule has 0 saturated heterocycles. The van der Waals surface area contributed by atoms with E-state index in [0.717, 1.165) is 5.88 Å². The molecule has 0 heterocycles. The first-order valence-electron chi connectivity index (χ1n) is 4.04. The van der Waals surface area contributed by atoms with Gasteiger partial charge in [-0.15, -0.1) is 10.5 Å². The molecule has 0 aliphatic heterocycles. The Hall–Kier alpha value is -0.600. The van der Waals surface area contributed by atoms with E-state index in [1.165, 1.54) is 10.5 Å². The summed E-state index contributed by atoms with van der Waals surface area (Å²) in [5, 5.41) is 2.17. The van der Waals surface area contributed by atoms with E-state index in [1.54, 1.807) is 0 Å². The highest BCUT2D eigenvalue weighted by molar-refractivity contribution is 8.14. The van der Waals surface area contributed by atoms with Gasteiger partial charge in [0.05, 0.1) is 0 Å². The van der Waals surface area contributed by atoms with E-state index in [0.29, 0.717) is 0 Å². The van der Waals surface area contributed by atoms with E-state index >= 15 is 0 Å². The van der Waals surface area contributed by atoms with Crippen LogP contribution in [0.2, 0.25) is 0 Å². The zero-order valence-electron chi connectivity index (χ0n) is 7.58. The van der Waals surface area contributed by atoms with Gasteiger partial charge >= 0.3 is 0 Å². The number of benzene rings is 1. The van der Waals surface area contributed by atoms with Crippen molar-refractivity contribution in [3.8, 4) is 0 Å². The van der Waals surface area contributed by atoms with Crippen LogP contribution in [0.1, 0.15) is 12.5 Å². The molecule has 0 bridgehead atoms. The number of hydrogen-bond donors (Lipinski definition) is 1. The molecule has 1 unspecified atom stereocenters. The Morgan fingerprint density at radius 2 is 1.92 bits per heavy atom. The number of nitrogens with two attached hydrogens (primary N) is 1. The van der Waals surface area contributed by atoms with Crippen molar-refractivity contribution in [1.82, 2.24) is 0 Å². The van der Waals surface area contributed by atoms with Crippen LogP contribution in [0.4, 0.5) is 0 Å². The minimum atomic E-state index is 0.143. The zero-order chi connectivity index (χ0) is 8.97. The highest BCUT2D eigenvalue weighted by Crippen LogP contribution is 2.23. The molecule has 2 heteroatoms. The molecule has 1 rings (SSSR count). The lowest BCUT2D eigenvalue weighted by atomic mass is 10.2. The van der Waals surface area contributed by atoms with Gasteiger partial charge in [-0.05, 0) is 26.0 Å². The van der Waals surface area contributed by atoms with Crippen LogP contribution in [0.25, 0.3) is 0 Å². The quantitative estimate of drug-likeness (QED) is 0.696. The van der Waals surface area contributed by atoms with Crippen molar-refractivity contribution >= 4 is 15.9 Å². The lowest BCUT2D eigenvalue weighted by Gasteiger charge is -2.05. The van der Waals surface area contributed by atoms with E-state index in [4.69, 9.17) is 5.73 Å². The molecule has 12 heavy (non-hydrogen) atoms. The number of rotatable bonds is 2. The van der Waals surface area contributed by atoms with Gasteiger partial charge in [0.2, 0.25) is 0 Å². The fourth-order valence-corrected chi connectivity index (χ4v) is 2.18. The lowest BCUT2D eigenvalue weighted by molar-refractivity contribution is 1.34. The Morgan fingerprint density at radius 3 is 2.33 bits per heavy atom. The summed E-state index contributed by atoms with van der Waals surface area (Å²) < 4.78 is 0. The third-order valence-corrected chi connectivity index (χ3v) is 3.59. The maximum Gasteiger partial charge on any atom is 0.0383 e. The summed E-state index contributed by atoms with van der Waals surface area (Å²) in [6, 6.07) is 8.58. The largest absolute Gasteiger partial charge is 0.322 e. The van der Waals surface area contributed by atoms with Gasteiger partial charge in [0, 0.05) is 10.8 Å². The summed E-state index contributed by atoms with van der Waals surface area (Å²) in [4.78, 5) is 1.34. The van der Waals surface area contributed by atoms with Crippen LogP contribution in [-0.4, -0.2) is 11.2 Å². The highest BCUT2D eigenvalue weighted by Gasteiger charge is 1.94. The SMILES string of the molecule is CC=S(CN)c1ccc(C)cc1. The summed E-state index contributed by atoms with van der Waals surface area (Å²) >= 11 is 0. The van der Waals surface area contributed by atoms with Gasteiger partial charge in [0.1, 0.15) is 0 Å². The van der Waals surface area contributed by atoms with Crippen molar-refractivity contribution in [3.63, 3.8) is 0 Å². The highest BCUT2D eigenvalue weighted by atomic mass is 32.2. The molecule has 0 fully saturated rings. The van der Waals surface area contributed by atoms with E-state index < -0.39 is 0 Å². The normalized spacial score (nSPS) is 13.2. The summed E-state index contributed by atoms with van der Waals surface area (Å²) in [6.07, 6.45) is 0. The predicted octanol–water partition coefficient (Wildman–Crippen LogP) is 2.36. The molecule has 1 nitrogen and oxygen atoms in total. The molecule has 0 saturated carbocycles. The smallest absolute Gasteiger partial charge is 0.0383 e. The Morgan fingerprint density at radius 1 is 1.33 bits per heavy atom. The Labute approximate surface area is 76.5 Å². The van der Waals surface area contributed by atoms with E-state index in [-0.39, 0.29) is 10.5 Å². The summed E-state index contributed by atoms with van der Waals surface area (Å²) in [5.74, 6) is 0.722. The third-order valence-electron chi connectivity index (χ3n) is 1.79. The molecule has 2 N–H and O–H groups in total. The van der Waals surface area contributed by atoms with Crippen LogP contribution in [0.5, 0.6) is 0 Å². The van der Waals surface area contributed by atoms with Gasteiger partial charge in [-0.2, -0.15) is 0 Å². The summed E-state index contributed by atoms with van der Waals surface area (Å²) in [6.45, 7) is 4.16. The monoisotopic (exact) mass is 181 g/mol. The molecule has 0 amide bonds. The molecule has 1 atom stereocenters. The van der Waals surface area contributed by atoms with Gasteiger partial charge in [-0.1, -0.05) is 23.1 Å². The maximum absolute atomic E-state index is 5.63. The first-order valence-corrected chi connectivity index (χ1v) is 5.49. The van der Waals surface area contributed by atoms with Crippen LogP contribution < -0.4 is 5.73 Å². The van der Waals surface area contributed by atoms with Crippen LogP contribution in [0.3, 0.4) is 0 Å². The minimum Gasteiger partial charge on any atom is -0.322 e. The predicted molar refractivity (Wildman–Crippen MR) is 57.8 cm³/mol. The first-order chi connectivity index (χ1) is 5.77. The third kappa shape index (κ3) is 2.19. The van der Waals surface area contributed by atoms with Gasteiger partial charge < -0.3 is 5.73 Å². The molecule has 0 aromatic heterocycles. The van der Waals surface area contributed by atoms with Crippen LogP contribution in [0, 0.1) is 6.92 Å². The minimum absolute atomic E-state index is 0.143. The second-order valence-corrected chi connectivity index (χ2v) is 4.78. The van der Waals surface area contributed by atoms with Crippen molar-refractivity contribution in [2.45, 2.75) is 18.7 Å². The summed E-state index contributed by atoms with van der Waals surface area (Å²) in [5.41, 5.74) is 6.94. The number of aryl methyl sites for hydroxylation is 1. The van der Waals surface area contributed by atoms with E-state index in [2.05, 4.69) is 43.5 Å². The fraction of sp³-hybridized carbons (Fsp3) is 0.300. The Kier molecular flexibility index (Phi) is 3.50. The Balaban J connectivity index is 2.96. The van der Waals surface area contributed by atoms with Gasteiger partial charge in [-0.25, -0.2) is 0 Å².